The molecule has 8 nitrogen and oxygen atoms in total. The average molecular weight is 514 g/mol. The fourth-order valence-corrected chi connectivity index (χ4v) is 6.52. The molecule has 2 fully saturated rings. The topological polar surface area (TPSA) is 90.4 Å². The van der Waals surface area contributed by atoms with Crippen molar-refractivity contribution in [1.29, 1.82) is 0 Å². The molecular formula is C27H32ClN3O5. The van der Waals surface area contributed by atoms with Gasteiger partial charge in [-0.2, -0.15) is 0 Å². The third-order valence-electron chi connectivity index (χ3n) is 7.95. The van der Waals surface area contributed by atoms with Gasteiger partial charge >= 0.3 is 0 Å². The second-order valence-electron chi connectivity index (χ2n) is 10.3. The number of carbonyl (C=O) groups is 3. The summed E-state index contributed by atoms with van der Waals surface area (Å²) in [5, 5.41) is 10.6. The lowest BCUT2D eigenvalue weighted by Crippen LogP contribution is -2.58. The van der Waals surface area contributed by atoms with E-state index in [9.17, 15) is 19.5 Å². The SMILES string of the molecule is CCCN1CC=C[C@]2(C)O[C@]34C=CCN(c5ccc(Cl)cc5)C(=O)C3N([C@H](C)CO)C(=O)[C@@H]4[C@@H]2C1=O. The molecule has 1 spiro atoms. The standard InChI is InChI=1S/C27H32ClN3O5/c1-4-13-29-14-5-11-26(3)20(23(29)33)21-24(34)31(17(2)16-32)22-25(35)30(15-6-12-27(21,22)36-26)19-9-7-18(28)8-10-19/h5-12,17,20-22,32H,4,13-16H2,1-3H3/t17-,20-,21+,22?,26+,27+/m1/s1. The number of likely N-dealkylation sites (tertiary alicyclic amines) is 1. The Bertz CT molecular complexity index is 1140. The number of rotatable bonds is 5. The molecule has 4 aliphatic heterocycles. The van der Waals surface area contributed by atoms with Crippen LogP contribution in [0.5, 0.6) is 0 Å². The molecule has 1 aromatic rings. The number of aliphatic hydroxyl groups is 1. The number of aliphatic hydroxyl groups excluding tert-OH is 1. The Morgan fingerprint density at radius 1 is 1.06 bits per heavy atom. The van der Waals surface area contributed by atoms with E-state index in [4.69, 9.17) is 16.3 Å². The van der Waals surface area contributed by atoms with Crippen molar-refractivity contribution in [2.45, 2.75) is 50.5 Å². The number of benzene rings is 1. The number of fused-ring (bicyclic) bond motifs is 2. The number of amides is 3. The molecule has 0 radical (unpaired) electrons. The first-order valence-electron chi connectivity index (χ1n) is 12.5. The molecule has 0 saturated carbocycles. The van der Waals surface area contributed by atoms with E-state index in [1.54, 1.807) is 41.0 Å². The van der Waals surface area contributed by atoms with E-state index in [1.165, 1.54) is 4.90 Å². The third-order valence-corrected chi connectivity index (χ3v) is 8.20. The van der Waals surface area contributed by atoms with Gasteiger partial charge in [0.05, 0.1) is 30.1 Å². The molecule has 4 aliphatic rings. The normalized spacial score (nSPS) is 34.4. The predicted molar refractivity (Wildman–Crippen MR) is 135 cm³/mol. The van der Waals surface area contributed by atoms with Crippen molar-refractivity contribution in [2.24, 2.45) is 11.8 Å². The summed E-state index contributed by atoms with van der Waals surface area (Å²) < 4.78 is 6.76. The number of nitrogens with zero attached hydrogens (tertiary/aromatic N) is 3. The smallest absolute Gasteiger partial charge is 0.253 e. The van der Waals surface area contributed by atoms with E-state index >= 15 is 0 Å². The van der Waals surface area contributed by atoms with Gasteiger partial charge in [-0.1, -0.05) is 42.8 Å². The first kappa shape index (κ1) is 25.0. The van der Waals surface area contributed by atoms with E-state index in [0.29, 0.717) is 23.8 Å². The van der Waals surface area contributed by atoms with E-state index in [1.807, 2.05) is 38.2 Å². The molecule has 0 bridgehead atoms. The zero-order chi connectivity index (χ0) is 25.8. The van der Waals surface area contributed by atoms with Gasteiger partial charge in [-0.3, -0.25) is 14.4 Å². The van der Waals surface area contributed by atoms with E-state index in [0.717, 1.165) is 6.42 Å². The predicted octanol–water partition coefficient (Wildman–Crippen LogP) is 2.40. The number of ether oxygens (including phenoxy) is 1. The average Bonchev–Trinajstić information content (AvgIpc) is 3.13. The maximum Gasteiger partial charge on any atom is 0.253 e. The van der Waals surface area contributed by atoms with Gasteiger partial charge in [0.2, 0.25) is 11.8 Å². The van der Waals surface area contributed by atoms with Crippen LogP contribution in [0.2, 0.25) is 5.02 Å². The van der Waals surface area contributed by atoms with E-state index < -0.39 is 35.1 Å². The summed E-state index contributed by atoms with van der Waals surface area (Å²) in [5.41, 5.74) is -1.75. The molecule has 0 aromatic heterocycles. The van der Waals surface area contributed by atoms with Crippen LogP contribution in [0.4, 0.5) is 5.69 Å². The summed E-state index contributed by atoms with van der Waals surface area (Å²) >= 11 is 6.07. The lowest BCUT2D eigenvalue weighted by atomic mass is 9.74. The van der Waals surface area contributed by atoms with Crippen LogP contribution in [0.3, 0.4) is 0 Å². The third kappa shape index (κ3) is 3.53. The molecule has 9 heteroatoms. The van der Waals surface area contributed by atoms with Gasteiger partial charge in [-0.25, -0.2) is 0 Å². The molecule has 192 valence electrons. The highest BCUT2D eigenvalue weighted by Gasteiger charge is 2.75. The molecule has 1 aromatic carbocycles. The molecule has 0 aliphatic carbocycles. The van der Waals surface area contributed by atoms with Crippen LogP contribution in [0.1, 0.15) is 27.2 Å². The van der Waals surface area contributed by atoms with E-state index in [2.05, 4.69) is 0 Å². The quantitative estimate of drug-likeness (QED) is 0.611. The van der Waals surface area contributed by atoms with Crippen molar-refractivity contribution in [3.8, 4) is 0 Å². The molecule has 6 atom stereocenters. The maximum absolute atomic E-state index is 14.2. The second kappa shape index (κ2) is 9.01. The number of hydrogen-bond acceptors (Lipinski definition) is 5. The van der Waals surface area contributed by atoms with Crippen molar-refractivity contribution in [2.75, 3.05) is 31.1 Å². The summed E-state index contributed by atoms with van der Waals surface area (Å²) in [6.45, 7) is 6.53. The summed E-state index contributed by atoms with van der Waals surface area (Å²) in [5.74, 6) is -2.47. The molecule has 5 rings (SSSR count). The zero-order valence-corrected chi connectivity index (χ0v) is 21.5. The Balaban J connectivity index is 1.65. The second-order valence-corrected chi connectivity index (χ2v) is 10.7. The Morgan fingerprint density at radius 3 is 2.42 bits per heavy atom. The minimum atomic E-state index is -1.34. The summed E-state index contributed by atoms with van der Waals surface area (Å²) in [6.07, 6.45) is 8.23. The molecule has 36 heavy (non-hydrogen) atoms. The van der Waals surface area contributed by atoms with Crippen LogP contribution >= 0.6 is 11.6 Å². The molecule has 3 amide bonds. The van der Waals surface area contributed by atoms with Gasteiger partial charge in [-0.15, -0.1) is 0 Å². The Labute approximate surface area is 216 Å². The van der Waals surface area contributed by atoms with Crippen molar-refractivity contribution < 1.29 is 24.2 Å². The van der Waals surface area contributed by atoms with Gasteiger partial charge in [0.1, 0.15) is 11.6 Å². The highest BCUT2D eigenvalue weighted by molar-refractivity contribution is 6.30. The lowest BCUT2D eigenvalue weighted by molar-refractivity contribution is -0.150. The van der Waals surface area contributed by atoms with Gasteiger partial charge in [0, 0.05) is 30.3 Å². The van der Waals surface area contributed by atoms with Crippen LogP contribution in [-0.2, 0) is 19.1 Å². The van der Waals surface area contributed by atoms with Crippen molar-refractivity contribution >= 4 is 35.0 Å². The van der Waals surface area contributed by atoms with E-state index in [-0.39, 0.29) is 30.9 Å². The van der Waals surface area contributed by atoms with Crippen LogP contribution in [0.25, 0.3) is 0 Å². The number of hydrogen-bond donors (Lipinski definition) is 1. The zero-order valence-electron chi connectivity index (χ0n) is 20.8. The van der Waals surface area contributed by atoms with Gasteiger partial charge < -0.3 is 24.5 Å². The van der Waals surface area contributed by atoms with Gasteiger partial charge in [-0.05, 0) is 44.5 Å². The Hall–Kier alpha value is -2.68. The highest BCUT2D eigenvalue weighted by atomic mass is 35.5. The molecule has 1 unspecified atom stereocenters. The lowest BCUT2D eigenvalue weighted by Gasteiger charge is -2.39. The first-order valence-corrected chi connectivity index (χ1v) is 12.9. The van der Waals surface area contributed by atoms with Crippen LogP contribution in [-0.4, -0.2) is 82.2 Å². The molecule has 4 heterocycles. The van der Waals surface area contributed by atoms with Crippen LogP contribution in [0.15, 0.2) is 48.6 Å². The minimum absolute atomic E-state index is 0.142. The number of halogens is 1. The Morgan fingerprint density at radius 2 is 1.75 bits per heavy atom. The first-order chi connectivity index (χ1) is 17.2. The minimum Gasteiger partial charge on any atom is -0.394 e. The van der Waals surface area contributed by atoms with Crippen molar-refractivity contribution in [3.05, 3.63) is 53.6 Å². The fourth-order valence-electron chi connectivity index (χ4n) is 6.40. The molecular weight excluding hydrogens is 482 g/mol. The number of carbonyl (C=O) groups excluding carboxylic acids is 3. The van der Waals surface area contributed by atoms with Crippen LogP contribution < -0.4 is 4.90 Å². The Kier molecular flexibility index (Phi) is 6.25. The number of anilines is 1. The summed E-state index contributed by atoms with van der Waals surface area (Å²) in [4.78, 5) is 47.0. The largest absolute Gasteiger partial charge is 0.394 e. The van der Waals surface area contributed by atoms with Crippen LogP contribution in [0, 0.1) is 11.8 Å². The summed E-state index contributed by atoms with van der Waals surface area (Å²) in [6, 6.07) is 5.28. The van der Waals surface area contributed by atoms with Gasteiger partial charge in [0.15, 0.2) is 0 Å². The summed E-state index contributed by atoms with van der Waals surface area (Å²) in [7, 11) is 0. The monoisotopic (exact) mass is 513 g/mol. The van der Waals surface area contributed by atoms with Crippen molar-refractivity contribution in [1.82, 2.24) is 9.80 Å². The van der Waals surface area contributed by atoms with Gasteiger partial charge in [0.25, 0.3) is 5.91 Å². The molecule has 2 saturated heterocycles. The molecule has 1 N–H and O–H groups in total. The fraction of sp³-hybridized carbons (Fsp3) is 0.519. The maximum atomic E-state index is 14.2. The van der Waals surface area contributed by atoms with Crippen molar-refractivity contribution in [3.63, 3.8) is 0 Å². The highest BCUT2D eigenvalue weighted by Crippen LogP contribution is 2.57.